The molecule has 2 aliphatic rings. The second-order valence-corrected chi connectivity index (χ2v) is 8.33. The van der Waals surface area contributed by atoms with Gasteiger partial charge in [0.25, 0.3) is 5.91 Å². The van der Waals surface area contributed by atoms with Gasteiger partial charge in [0.1, 0.15) is 24.7 Å². The number of aliphatic imine (C=N–C) groups is 1. The summed E-state index contributed by atoms with van der Waals surface area (Å²) in [4.78, 5) is 16.4. The Morgan fingerprint density at radius 1 is 1.06 bits per heavy atom. The molecule has 1 N–H and O–H groups in total. The van der Waals surface area contributed by atoms with E-state index in [1.54, 1.807) is 6.08 Å². The normalized spacial score (nSPS) is 16.9. The third-order valence-corrected chi connectivity index (χ3v) is 5.52. The van der Waals surface area contributed by atoms with Crippen LogP contribution in [0.15, 0.2) is 58.1 Å². The maximum absolute atomic E-state index is 12.3. The highest BCUT2D eigenvalue weighted by atomic mass is 32.2. The molecule has 0 aromatic heterocycles. The van der Waals surface area contributed by atoms with E-state index >= 15 is 0 Å². The molecule has 0 radical (unpaired) electrons. The Hall–Kier alpha value is -3.39. The van der Waals surface area contributed by atoms with Gasteiger partial charge in [0.15, 0.2) is 5.84 Å². The standard InChI is InChI=1S/C23H22N4O3S/c1-14-4-5-15(2)20(12-14)30-11-10-29-18-8-6-17(7-9-18)13-19-21(24)27-23(25-22(19)28)31-16(3)26-27/h4-9,12-13,24H,10-11H2,1-3H3. The number of benzene rings is 2. The van der Waals surface area contributed by atoms with Gasteiger partial charge in [-0.3, -0.25) is 10.2 Å². The van der Waals surface area contributed by atoms with E-state index in [-0.39, 0.29) is 11.4 Å². The van der Waals surface area contributed by atoms with Crippen molar-refractivity contribution in [2.24, 2.45) is 10.1 Å². The number of carbonyl (C=O) groups excluding carboxylic acids is 1. The van der Waals surface area contributed by atoms with Crippen LogP contribution in [-0.2, 0) is 4.79 Å². The first-order valence-electron chi connectivity index (χ1n) is 9.80. The number of aryl methyl sites for hydroxylation is 2. The van der Waals surface area contributed by atoms with Gasteiger partial charge in [0, 0.05) is 0 Å². The summed E-state index contributed by atoms with van der Waals surface area (Å²) in [7, 11) is 0. The second kappa shape index (κ2) is 8.77. The Balaban J connectivity index is 1.36. The van der Waals surface area contributed by atoms with Crippen LogP contribution in [0.3, 0.4) is 0 Å². The van der Waals surface area contributed by atoms with Crippen molar-refractivity contribution in [1.29, 1.82) is 5.41 Å². The van der Waals surface area contributed by atoms with Crippen LogP contribution in [0.1, 0.15) is 23.6 Å². The molecule has 4 rings (SSSR count). The number of hydrazone groups is 1. The number of nitrogens with zero attached hydrogens (tertiary/aromatic N) is 3. The van der Waals surface area contributed by atoms with Crippen LogP contribution in [0.5, 0.6) is 11.5 Å². The predicted molar refractivity (Wildman–Crippen MR) is 124 cm³/mol. The number of hydrogen-bond donors (Lipinski definition) is 1. The van der Waals surface area contributed by atoms with Crippen molar-refractivity contribution in [2.75, 3.05) is 13.2 Å². The van der Waals surface area contributed by atoms with Gasteiger partial charge in [-0.25, -0.2) is 0 Å². The van der Waals surface area contributed by atoms with E-state index in [9.17, 15) is 4.79 Å². The van der Waals surface area contributed by atoms with Gasteiger partial charge < -0.3 is 9.47 Å². The van der Waals surface area contributed by atoms with E-state index in [0.717, 1.165) is 27.5 Å². The Labute approximate surface area is 185 Å². The first-order valence-corrected chi connectivity index (χ1v) is 10.6. The molecule has 158 valence electrons. The summed E-state index contributed by atoms with van der Waals surface area (Å²) in [5.74, 6) is 1.17. The molecule has 31 heavy (non-hydrogen) atoms. The van der Waals surface area contributed by atoms with Crippen LogP contribution in [0.4, 0.5) is 0 Å². The topological polar surface area (TPSA) is 87.3 Å². The lowest BCUT2D eigenvalue weighted by Crippen LogP contribution is -2.35. The van der Waals surface area contributed by atoms with Gasteiger partial charge in [0.2, 0.25) is 5.17 Å². The second-order valence-electron chi connectivity index (χ2n) is 7.17. The maximum Gasteiger partial charge on any atom is 0.283 e. The Bertz CT molecular complexity index is 1140. The van der Waals surface area contributed by atoms with Gasteiger partial charge in [-0.15, -0.1) is 0 Å². The molecule has 7 nitrogen and oxygen atoms in total. The first-order chi connectivity index (χ1) is 14.9. The third kappa shape index (κ3) is 4.69. The molecule has 0 spiro atoms. The van der Waals surface area contributed by atoms with Crippen molar-refractivity contribution >= 4 is 39.8 Å². The summed E-state index contributed by atoms with van der Waals surface area (Å²) in [6, 6.07) is 13.4. The van der Waals surface area contributed by atoms with Gasteiger partial charge in [-0.1, -0.05) is 24.3 Å². The molecule has 0 fully saturated rings. The lowest BCUT2D eigenvalue weighted by atomic mass is 10.1. The van der Waals surface area contributed by atoms with Crippen molar-refractivity contribution < 1.29 is 14.3 Å². The van der Waals surface area contributed by atoms with E-state index in [1.807, 2.05) is 57.2 Å². The summed E-state index contributed by atoms with van der Waals surface area (Å²) in [5, 5.41) is 15.1. The van der Waals surface area contributed by atoms with E-state index in [1.165, 1.54) is 16.8 Å². The average Bonchev–Trinajstić information content (AvgIpc) is 3.12. The van der Waals surface area contributed by atoms with Gasteiger partial charge in [0.05, 0.1) is 10.6 Å². The van der Waals surface area contributed by atoms with Crippen LogP contribution in [0, 0.1) is 19.3 Å². The minimum Gasteiger partial charge on any atom is -0.490 e. The maximum atomic E-state index is 12.3. The van der Waals surface area contributed by atoms with Gasteiger partial charge >= 0.3 is 0 Å². The molecule has 0 saturated carbocycles. The zero-order valence-corrected chi connectivity index (χ0v) is 18.3. The first kappa shape index (κ1) is 20.9. The largest absolute Gasteiger partial charge is 0.490 e. The van der Waals surface area contributed by atoms with Crippen molar-refractivity contribution in [3.8, 4) is 11.5 Å². The highest BCUT2D eigenvalue weighted by Gasteiger charge is 2.34. The summed E-state index contributed by atoms with van der Waals surface area (Å²) in [6.45, 7) is 6.72. The summed E-state index contributed by atoms with van der Waals surface area (Å²) >= 11 is 1.29. The number of rotatable bonds is 6. The van der Waals surface area contributed by atoms with Crippen molar-refractivity contribution in [3.05, 3.63) is 64.7 Å². The minimum absolute atomic E-state index is 0.0308. The molecule has 2 aromatic rings. The van der Waals surface area contributed by atoms with E-state index in [4.69, 9.17) is 14.9 Å². The average molecular weight is 435 g/mol. The van der Waals surface area contributed by atoms with Crippen molar-refractivity contribution in [2.45, 2.75) is 20.8 Å². The predicted octanol–water partition coefficient (Wildman–Crippen LogP) is 4.40. The molecule has 0 unspecified atom stereocenters. The Morgan fingerprint density at radius 3 is 2.58 bits per heavy atom. The van der Waals surface area contributed by atoms with E-state index in [2.05, 4.69) is 16.2 Å². The lowest BCUT2D eigenvalue weighted by molar-refractivity contribution is -0.114. The quantitative estimate of drug-likeness (QED) is 0.538. The van der Waals surface area contributed by atoms with Crippen LogP contribution < -0.4 is 9.47 Å². The molecular formula is C23H22N4O3S. The highest BCUT2D eigenvalue weighted by molar-refractivity contribution is 8.26. The molecular weight excluding hydrogens is 412 g/mol. The molecule has 2 aliphatic heterocycles. The molecule has 2 heterocycles. The fourth-order valence-corrected chi connectivity index (χ4v) is 3.82. The number of carbonyl (C=O) groups is 1. The minimum atomic E-state index is -0.433. The molecule has 2 aromatic carbocycles. The third-order valence-electron chi connectivity index (χ3n) is 4.70. The molecule has 0 aliphatic carbocycles. The highest BCUT2D eigenvalue weighted by Crippen LogP contribution is 2.28. The van der Waals surface area contributed by atoms with Crippen LogP contribution in [-0.4, -0.2) is 40.2 Å². The SMILES string of the molecule is CC1=NN2C(=N)C(=Cc3ccc(OCCOc4cc(C)ccc4C)cc3)C(=O)N=C2S1. The number of hydrogen-bond acceptors (Lipinski definition) is 6. The zero-order chi connectivity index (χ0) is 22.0. The number of thioether (sulfide) groups is 1. The van der Waals surface area contributed by atoms with Crippen molar-refractivity contribution in [1.82, 2.24) is 5.01 Å². The number of amides is 1. The number of ether oxygens (including phenoxy) is 2. The fourth-order valence-electron chi connectivity index (χ4n) is 3.09. The summed E-state index contributed by atoms with van der Waals surface area (Å²) in [6.07, 6.45) is 1.65. The van der Waals surface area contributed by atoms with Crippen LogP contribution in [0.2, 0.25) is 0 Å². The van der Waals surface area contributed by atoms with E-state index < -0.39 is 5.91 Å². The van der Waals surface area contributed by atoms with Gasteiger partial charge in [-0.05, 0) is 73.5 Å². The molecule has 0 atom stereocenters. The summed E-state index contributed by atoms with van der Waals surface area (Å²) < 4.78 is 11.6. The van der Waals surface area contributed by atoms with Gasteiger partial charge in [-0.2, -0.15) is 15.1 Å². The van der Waals surface area contributed by atoms with E-state index in [0.29, 0.717) is 24.1 Å². The van der Waals surface area contributed by atoms with Crippen molar-refractivity contribution in [3.63, 3.8) is 0 Å². The molecule has 1 amide bonds. The van der Waals surface area contributed by atoms with Crippen LogP contribution >= 0.6 is 11.8 Å². The zero-order valence-electron chi connectivity index (χ0n) is 17.5. The lowest BCUT2D eigenvalue weighted by Gasteiger charge is -2.20. The number of fused-ring (bicyclic) bond motifs is 1. The monoisotopic (exact) mass is 434 g/mol. The molecule has 0 saturated heterocycles. The smallest absolute Gasteiger partial charge is 0.283 e. The number of nitrogens with one attached hydrogen (secondary N) is 1. The fraction of sp³-hybridized carbons (Fsp3) is 0.217. The molecule has 8 heteroatoms. The molecule has 0 bridgehead atoms. The van der Waals surface area contributed by atoms with Crippen LogP contribution in [0.25, 0.3) is 6.08 Å². The Morgan fingerprint density at radius 2 is 1.81 bits per heavy atom. The summed E-state index contributed by atoms with van der Waals surface area (Å²) in [5.41, 5.74) is 3.23. The number of amidine groups is 2. The Kier molecular flexibility index (Phi) is 5.90.